The summed E-state index contributed by atoms with van der Waals surface area (Å²) in [5.74, 6) is 1.46. The monoisotopic (exact) mass is 410 g/mol. The molecule has 6 rings (SSSR count). The van der Waals surface area contributed by atoms with Gasteiger partial charge in [0.25, 0.3) is 0 Å². The average molecular weight is 410 g/mol. The van der Waals surface area contributed by atoms with E-state index >= 15 is 0 Å². The van der Waals surface area contributed by atoms with Crippen molar-refractivity contribution in [3.8, 4) is 22.6 Å². The Morgan fingerprint density at radius 2 is 1.71 bits per heavy atom. The molecule has 0 saturated heterocycles. The van der Waals surface area contributed by atoms with Gasteiger partial charge in [0.15, 0.2) is 11.5 Å². The number of fused-ring (bicyclic) bond motifs is 3. The van der Waals surface area contributed by atoms with Crippen LogP contribution in [0.3, 0.4) is 0 Å². The molecule has 5 heteroatoms. The van der Waals surface area contributed by atoms with E-state index in [0.29, 0.717) is 23.2 Å². The molecule has 0 unspecified atom stereocenters. The minimum Gasteiger partial charge on any atom is -0.464 e. The van der Waals surface area contributed by atoms with Crippen molar-refractivity contribution in [2.24, 2.45) is 0 Å². The lowest BCUT2D eigenvalue weighted by atomic mass is 9.97. The van der Waals surface area contributed by atoms with Crippen LogP contribution < -0.4 is 15.1 Å². The third kappa shape index (κ3) is 2.89. The second-order valence-electron chi connectivity index (χ2n) is 7.72. The first-order valence-corrected chi connectivity index (χ1v) is 10.1. The highest BCUT2D eigenvalue weighted by atomic mass is 16.7. The van der Waals surface area contributed by atoms with Crippen molar-refractivity contribution in [1.82, 2.24) is 0 Å². The van der Waals surface area contributed by atoms with Gasteiger partial charge in [0.05, 0.1) is 6.26 Å². The van der Waals surface area contributed by atoms with E-state index in [2.05, 4.69) is 0 Å². The van der Waals surface area contributed by atoms with E-state index in [0.717, 1.165) is 44.5 Å². The van der Waals surface area contributed by atoms with Gasteiger partial charge in [0, 0.05) is 34.4 Å². The molecule has 31 heavy (non-hydrogen) atoms. The summed E-state index contributed by atoms with van der Waals surface area (Å²) >= 11 is 0. The van der Waals surface area contributed by atoms with E-state index in [1.54, 1.807) is 12.3 Å². The Bertz CT molecular complexity index is 1510. The maximum absolute atomic E-state index is 12.7. The Morgan fingerprint density at radius 3 is 2.58 bits per heavy atom. The molecule has 5 aromatic rings. The molecule has 3 aromatic carbocycles. The van der Waals surface area contributed by atoms with Crippen LogP contribution in [-0.2, 0) is 6.42 Å². The highest BCUT2D eigenvalue weighted by Crippen LogP contribution is 2.40. The summed E-state index contributed by atoms with van der Waals surface area (Å²) in [6.45, 7) is 2.21. The van der Waals surface area contributed by atoms with Crippen molar-refractivity contribution in [3.05, 3.63) is 94.0 Å². The molecule has 3 heterocycles. The fraction of sp³-hybridized carbons (Fsp3) is 0.115. The van der Waals surface area contributed by atoms with Gasteiger partial charge < -0.3 is 18.3 Å². The number of ether oxygens (including phenoxy) is 2. The fourth-order valence-corrected chi connectivity index (χ4v) is 4.20. The number of aryl methyl sites for hydroxylation is 1. The maximum Gasteiger partial charge on any atom is 0.340 e. The Morgan fingerprint density at radius 1 is 0.871 bits per heavy atom. The van der Waals surface area contributed by atoms with Crippen molar-refractivity contribution in [3.63, 3.8) is 0 Å². The summed E-state index contributed by atoms with van der Waals surface area (Å²) in [6, 6.07) is 19.6. The number of rotatable bonds is 3. The molecule has 0 fully saturated rings. The Hall–Kier alpha value is -3.99. The number of benzene rings is 3. The number of hydrogen-bond donors (Lipinski definition) is 0. The van der Waals surface area contributed by atoms with E-state index in [1.165, 1.54) is 0 Å². The van der Waals surface area contributed by atoms with E-state index in [1.807, 2.05) is 61.5 Å². The molecule has 0 aliphatic carbocycles. The van der Waals surface area contributed by atoms with Gasteiger partial charge in [0.2, 0.25) is 6.79 Å². The molecule has 0 bridgehead atoms. The van der Waals surface area contributed by atoms with Crippen molar-refractivity contribution in [1.29, 1.82) is 0 Å². The summed E-state index contributed by atoms with van der Waals surface area (Å²) in [5.41, 5.74) is 5.48. The first kappa shape index (κ1) is 17.8. The van der Waals surface area contributed by atoms with Crippen LogP contribution in [0, 0.1) is 6.92 Å². The van der Waals surface area contributed by atoms with Gasteiger partial charge in [-0.15, -0.1) is 0 Å². The highest BCUT2D eigenvalue weighted by molar-refractivity contribution is 6.02. The minimum absolute atomic E-state index is 0.234. The van der Waals surface area contributed by atoms with Crippen LogP contribution in [-0.4, -0.2) is 6.79 Å². The van der Waals surface area contributed by atoms with Crippen LogP contribution in [0.15, 0.2) is 80.6 Å². The molecule has 1 aliphatic rings. The molecule has 0 radical (unpaired) electrons. The fourth-order valence-electron chi connectivity index (χ4n) is 4.20. The predicted molar refractivity (Wildman–Crippen MR) is 118 cm³/mol. The summed E-state index contributed by atoms with van der Waals surface area (Å²) in [7, 11) is 0. The van der Waals surface area contributed by atoms with Gasteiger partial charge in [-0.05, 0) is 41.8 Å². The second-order valence-corrected chi connectivity index (χ2v) is 7.72. The largest absolute Gasteiger partial charge is 0.464 e. The van der Waals surface area contributed by atoms with Crippen LogP contribution in [0.4, 0.5) is 0 Å². The maximum atomic E-state index is 12.7. The van der Waals surface area contributed by atoms with Gasteiger partial charge in [-0.25, -0.2) is 4.79 Å². The molecule has 5 nitrogen and oxygen atoms in total. The SMILES string of the molecule is Cc1c(Cc2ccccc2)c(=O)oc2cc3occ(-c4ccc5c(c4)OCO5)c3cc12. The molecule has 0 amide bonds. The van der Waals surface area contributed by atoms with E-state index in [9.17, 15) is 4.79 Å². The van der Waals surface area contributed by atoms with Gasteiger partial charge >= 0.3 is 5.63 Å². The van der Waals surface area contributed by atoms with E-state index in [-0.39, 0.29) is 12.4 Å². The molecule has 152 valence electrons. The summed E-state index contributed by atoms with van der Waals surface area (Å²) < 4.78 is 22.4. The van der Waals surface area contributed by atoms with Gasteiger partial charge in [-0.1, -0.05) is 36.4 Å². The zero-order chi connectivity index (χ0) is 20.9. The molecular formula is C26H18O5. The molecule has 1 aliphatic heterocycles. The summed E-state index contributed by atoms with van der Waals surface area (Å²) in [6.07, 6.45) is 2.25. The zero-order valence-electron chi connectivity index (χ0n) is 16.8. The van der Waals surface area contributed by atoms with Crippen LogP contribution in [0.25, 0.3) is 33.1 Å². The topological polar surface area (TPSA) is 61.8 Å². The Labute approximate surface area is 177 Å². The summed E-state index contributed by atoms with van der Waals surface area (Å²) in [4.78, 5) is 12.7. The molecule has 0 saturated carbocycles. The van der Waals surface area contributed by atoms with Crippen molar-refractivity contribution >= 4 is 21.9 Å². The lowest BCUT2D eigenvalue weighted by Crippen LogP contribution is -2.10. The molecule has 2 aromatic heterocycles. The first-order valence-electron chi connectivity index (χ1n) is 10.1. The lowest BCUT2D eigenvalue weighted by Gasteiger charge is -2.08. The van der Waals surface area contributed by atoms with Crippen molar-refractivity contribution < 1.29 is 18.3 Å². The minimum atomic E-state index is -0.309. The van der Waals surface area contributed by atoms with Gasteiger partial charge in [-0.2, -0.15) is 0 Å². The van der Waals surface area contributed by atoms with Crippen molar-refractivity contribution in [2.75, 3.05) is 6.79 Å². The molecule has 0 atom stereocenters. The normalized spacial score (nSPS) is 12.7. The lowest BCUT2D eigenvalue weighted by molar-refractivity contribution is 0.174. The Balaban J connectivity index is 1.52. The third-order valence-corrected chi connectivity index (χ3v) is 5.89. The third-order valence-electron chi connectivity index (χ3n) is 5.89. The van der Waals surface area contributed by atoms with Gasteiger partial charge in [0.1, 0.15) is 11.2 Å². The van der Waals surface area contributed by atoms with Crippen LogP contribution >= 0.6 is 0 Å². The van der Waals surface area contributed by atoms with E-state index in [4.69, 9.17) is 18.3 Å². The second kappa shape index (κ2) is 6.77. The zero-order valence-corrected chi connectivity index (χ0v) is 16.8. The molecular weight excluding hydrogens is 392 g/mol. The quantitative estimate of drug-likeness (QED) is 0.350. The van der Waals surface area contributed by atoms with Crippen LogP contribution in [0.2, 0.25) is 0 Å². The van der Waals surface area contributed by atoms with Crippen LogP contribution in [0.1, 0.15) is 16.7 Å². The average Bonchev–Trinajstić information content (AvgIpc) is 3.42. The first-order chi connectivity index (χ1) is 15.2. The van der Waals surface area contributed by atoms with Crippen molar-refractivity contribution in [2.45, 2.75) is 13.3 Å². The smallest absolute Gasteiger partial charge is 0.340 e. The predicted octanol–water partition coefficient (Wildman–Crippen LogP) is 5.83. The highest BCUT2D eigenvalue weighted by Gasteiger charge is 2.18. The Kier molecular flexibility index (Phi) is 3.90. The van der Waals surface area contributed by atoms with Crippen LogP contribution in [0.5, 0.6) is 11.5 Å². The van der Waals surface area contributed by atoms with Gasteiger partial charge in [-0.3, -0.25) is 0 Å². The summed E-state index contributed by atoms with van der Waals surface area (Å²) in [5, 5.41) is 1.86. The van der Waals surface area contributed by atoms with E-state index < -0.39 is 0 Å². The molecule has 0 N–H and O–H groups in total. The standard InChI is InChI=1S/C26H18O5/c1-15-18-11-20-21(17-7-8-22-25(10-17)30-14-29-22)13-28-23(20)12-24(18)31-26(27)19(15)9-16-5-3-2-4-6-16/h2-8,10-13H,9,14H2,1H3. The molecule has 0 spiro atoms. The number of hydrogen-bond acceptors (Lipinski definition) is 5. The number of furan rings is 1.